The van der Waals surface area contributed by atoms with Crippen LogP contribution >= 0.6 is 0 Å². The smallest absolute Gasteiger partial charge is 0.411 e. The molecule has 0 unspecified atom stereocenters. The highest BCUT2D eigenvalue weighted by atomic mass is 16.5. The first-order chi connectivity index (χ1) is 10.6. The van der Waals surface area contributed by atoms with Gasteiger partial charge in [0.25, 0.3) is 0 Å². The molecule has 7 nitrogen and oxygen atoms in total. The molecule has 2 rings (SSSR count). The number of ether oxygens (including phenoxy) is 2. The van der Waals surface area contributed by atoms with Gasteiger partial charge >= 0.3 is 12.1 Å². The number of nitrogens with one attached hydrogen (secondary N) is 1. The van der Waals surface area contributed by atoms with E-state index in [-0.39, 0.29) is 17.9 Å². The number of esters is 1. The summed E-state index contributed by atoms with van der Waals surface area (Å²) in [5.41, 5.74) is 0.553. The zero-order valence-electron chi connectivity index (χ0n) is 11.8. The van der Waals surface area contributed by atoms with E-state index in [1.165, 1.54) is 24.4 Å². The number of carbonyl (C=O) groups is 2. The Bertz CT molecular complexity index is 687. The molecule has 1 aromatic heterocycles. The first-order valence-corrected chi connectivity index (χ1v) is 6.53. The molecule has 0 saturated heterocycles. The molecule has 1 aromatic carbocycles. The number of rotatable bonds is 4. The zero-order chi connectivity index (χ0) is 15.9. The van der Waals surface area contributed by atoms with Crippen molar-refractivity contribution in [3.63, 3.8) is 0 Å². The third-order valence-corrected chi connectivity index (χ3v) is 2.58. The van der Waals surface area contributed by atoms with Crippen molar-refractivity contribution in [1.29, 1.82) is 0 Å². The second-order valence-corrected chi connectivity index (χ2v) is 4.22. The third-order valence-electron chi connectivity index (χ3n) is 2.58. The lowest BCUT2D eigenvalue weighted by Gasteiger charge is -2.08. The maximum absolute atomic E-state index is 11.9. The van der Waals surface area contributed by atoms with Gasteiger partial charge in [-0.15, -0.1) is 0 Å². The molecule has 0 aliphatic carbocycles. The lowest BCUT2D eigenvalue weighted by molar-refractivity contribution is -0.605. The lowest BCUT2D eigenvalue weighted by Crippen LogP contribution is -2.26. The summed E-state index contributed by atoms with van der Waals surface area (Å²) in [5, 5.41) is 13.6. The van der Waals surface area contributed by atoms with Crippen molar-refractivity contribution >= 4 is 17.7 Å². The molecular weight excluding hydrogens is 288 g/mol. The van der Waals surface area contributed by atoms with Crippen molar-refractivity contribution < 1.29 is 23.8 Å². The van der Waals surface area contributed by atoms with Crippen LogP contribution in [0.2, 0.25) is 0 Å². The molecule has 0 fully saturated rings. The number of amides is 1. The number of anilines is 1. The van der Waals surface area contributed by atoms with Crippen molar-refractivity contribution in [1.82, 2.24) is 0 Å². The Morgan fingerprint density at radius 3 is 2.82 bits per heavy atom. The van der Waals surface area contributed by atoms with Gasteiger partial charge in [0.2, 0.25) is 0 Å². The predicted octanol–water partition coefficient (Wildman–Crippen LogP) is 2.11. The van der Waals surface area contributed by atoms with E-state index in [1.807, 2.05) is 0 Å². The van der Waals surface area contributed by atoms with Gasteiger partial charge in [0, 0.05) is 17.8 Å². The van der Waals surface area contributed by atoms with Gasteiger partial charge in [-0.2, -0.15) is 4.73 Å². The molecular formula is C15H14N2O5. The number of pyridine rings is 1. The van der Waals surface area contributed by atoms with Crippen LogP contribution in [0.15, 0.2) is 48.8 Å². The average molecular weight is 302 g/mol. The maximum atomic E-state index is 11.9. The number of hydrogen-bond acceptors (Lipinski definition) is 5. The van der Waals surface area contributed by atoms with Gasteiger partial charge in [0.05, 0.1) is 6.61 Å². The highest BCUT2D eigenvalue weighted by Gasteiger charge is 2.12. The molecule has 0 spiro atoms. The largest absolute Gasteiger partial charge is 0.619 e. The van der Waals surface area contributed by atoms with Crippen molar-refractivity contribution in [3.8, 4) is 5.75 Å². The molecule has 0 bridgehead atoms. The van der Waals surface area contributed by atoms with E-state index in [2.05, 4.69) is 5.32 Å². The van der Waals surface area contributed by atoms with E-state index in [0.29, 0.717) is 10.4 Å². The van der Waals surface area contributed by atoms with Crippen LogP contribution in [-0.4, -0.2) is 18.7 Å². The van der Waals surface area contributed by atoms with Crippen molar-refractivity contribution in [2.45, 2.75) is 6.92 Å². The molecule has 0 aliphatic rings. The Balaban J connectivity index is 2.07. The van der Waals surface area contributed by atoms with E-state index in [9.17, 15) is 14.8 Å². The zero-order valence-corrected chi connectivity index (χ0v) is 11.8. The molecule has 1 heterocycles. The monoisotopic (exact) mass is 302 g/mol. The predicted molar refractivity (Wildman–Crippen MR) is 77.4 cm³/mol. The molecule has 0 atom stereocenters. The summed E-state index contributed by atoms with van der Waals surface area (Å²) in [7, 11) is 0. The normalized spacial score (nSPS) is 9.86. The summed E-state index contributed by atoms with van der Waals surface area (Å²) in [5.74, 6) is -0.431. The quantitative estimate of drug-likeness (QED) is 0.404. The fourth-order valence-electron chi connectivity index (χ4n) is 1.66. The second kappa shape index (κ2) is 7.07. The van der Waals surface area contributed by atoms with Gasteiger partial charge in [0.15, 0.2) is 12.4 Å². The standard InChI is InChI=1S/C15H14N2O5/c1-2-21-15(19)16-12-6-3-7-13(9-12)22-14(18)11-5-4-8-17(20)10-11/h3-10H,2H2,1H3,(H,16,19). The third kappa shape index (κ3) is 4.20. The summed E-state index contributed by atoms with van der Waals surface area (Å²) in [4.78, 5) is 23.2. The molecule has 1 amide bonds. The minimum atomic E-state index is -0.668. The van der Waals surface area contributed by atoms with E-state index in [0.717, 1.165) is 6.20 Å². The van der Waals surface area contributed by atoms with Crippen LogP contribution in [0.4, 0.5) is 10.5 Å². The van der Waals surface area contributed by atoms with E-state index >= 15 is 0 Å². The summed E-state index contributed by atoms with van der Waals surface area (Å²) in [6, 6.07) is 9.19. The van der Waals surface area contributed by atoms with Crippen molar-refractivity contribution in [2.24, 2.45) is 0 Å². The van der Waals surface area contributed by atoms with Crippen LogP contribution in [0, 0.1) is 5.21 Å². The highest BCUT2D eigenvalue weighted by Crippen LogP contribution is 2.18. The highest BCUT2D eigenvalue weighted by molar-refractivity contribution is 5.90. The van der Waals surface area contributed by atoms with Gasteiger partial charge in [-0.1, -0.05) is 6.07 Å². The van der Waals surface area contributed by atoms with Gasteiger partial charge in [-0.3, -0.25) is 5.32 Å². The number of hydrogen-bond donors (Lipinski definition) is 1. The Hall–Kier alpha value is -3.09. The number of benzene rings is 1. The van der Waals surface area contributed by atoms with Gasteiger partial charge in [-0.05, 0) is 25.1 Å². The lowest BCUT2D eigenvalue weighted by atomic mass is 10.3. The van der Waals surface area contributed by atoms with Gasteiger partial charge < -0.3 is 14.7 Å². The minimum absolute atomic E-state index is 0.126. The summed E-state index contributed by atoms with van der Waals surface area (Å²) in [6.07, 6.45) is 1.78. The Labute approximate surface area is 126 Å². The van der Waals surface area contributed by atoms with Gasteiger partial charge in [-0.25, -0.2) is 9.59 Å². The summed E-state index contributed by atoms with van der Waals surface area (Å²) in [6.45, 7) is 1.95. The topological polar surface area (TPSA) is 91.6 Å². The van der Waals surface area contributed by atoms with Gasteiger partial charge in [0.1, 0.15) is 11.3 Å². The van der Waals surface area contributed by atoms with E-state index in [1.54, 1.807) is 25.1 Å². The molecule has 114 valence electrons. The molecule has 0 aliphatic heterocycles. The Kier molecular flexibility index (Phi) is 4.92. The van der Waals surface area contributed by atoms with E-state index in [4.69, 9.17) is 9.47 Å². The van der Waals surface area contributed by atoms with Crippen LogP contribution < -0.4 is 14.8 Å². The molecule has 0 saturated carbocycles. The maximum Gasteiger partial charge on any atom is 0.411 e. The Morgan fingerprint density at radius 1 is 1.27 bits per heavy atom. The number of nitrogens with zero attached hydrogens (tertiary/aromatic N) is 1. The molecule has 2 aromatic rings. The first-order valence-electron chi connectivity index (χ1n) is 6.53. The fourth-order valence-corrected chi connectivity index (χ4v) is 1.66. The fraction of sp³-hybridized carbons (Fsp3) is 0.133. The van der Waals surface area contributed by atoms with Crippen molar-refractivity contribution in [3.05, 3.63) is 59.6 Å². The van der Waals surface area contributed by atoms with Crippen LogP contribution in [0.3, 0.4) is 0 Å². The number of carbonyl (C=O) groups excluding carboxylic acids is 2. The minimum Gasteiger partial charge on any atom is -0.619 e. The first kappa shape index (κ1) is 15.3. The molecule has 7 heteroatoms. The average Bonchev–Trinajstić information content (AvgIpc) is 2.47. The Morgan fingerprint density at radius 2 is 2.09 bits per heavy atom. The van der Waals surface area contributed by atoms with Crippen LogP contribution in [0.5, 0.6) is 5.75 Å². The molecule has 22 heavy (non-hydrogen) atoms. The number of aromatic nitrogens is 1. The van der Waals surface area contributed by atoms with Crippen LogP contribution in [0.1, 0.15) is 17.3 Å². The van der Waals surface area contributed by atoms with Crippen LogP contribution in [0.25, 0.3) is 0 Å². The summed E-state index contributed by atoms with van der Waals surface area (Å²) >= 11 is 0. The summed E-state index contributed by atoms with van der Waals surface area (Å²) < 4.78 is 10.4. The molecule has 0 radical (unpaired) electrons. The van der Waals surface area contributed by atoms with Crippen molar-refractivity contribution in [2.75, 3.05) is 11.9 Å². The molecule has 1 N–H and O–H groups in total. The second-order valence-electron chi connectivity index (χ2n) is 4.22. The van der Waals surface area contributed by atoms with E-state index < -0.39 is 12.1 Å². The van der Waals surface area contributed by atoms with Crippen LogP contribution in [-0.2, 0) is 4.74 Å². The SMILES string of the molecule is CCOC(=O)Nc1cccc(OC(=O)c2ccc[n+]([O-])c2)c1.